The van der Waals surface area contributed by atoms with Crippen LogP contribution < -0.4 is 16.4 Å². The molecule has 0 spiro atoms. The fraction of sp³-hybridized carbons (Fsp3) is 0.240. The van der Waals surface area contributed by atoms with Crippen LogP contribution in [0.1, 0.15) is 0 Å². The Hall–Kier alpha value is -3.66. The van der Waals surface area contributed by atoms with Gasteiger partial charge in [0.2, 0.25) is 0 Å². The van der Waals surface area contributed by atoms with Gasteiger partial charge in [-0.25, -0.2) is 14.8 Å². The Balaban J connectivity index is 1.33. The molecule has 2 aromatic carbocycles. The van der Waals surface area contributed by atoms with Crippen LogP contribution in [0.2, 0.25) is 5.02 Å². The molecule has 1 fully saturated rings. The number of amides is 2. The Morgan fingerprint density at radius 3 is 2.57 bits per heavy atom. The highest BCUT2D eigenvalue weighted by Crippen LogP contribution is 2.33. The highest BCUT2D eigenvalue weighted by atomic mass is 35.5. The number of nitrogen functional groups attached to an aromatic ring is 1. The van der Waals surface area contributed by atoms with E-state index in [1.165, 1.54) is 6.33 Å². The van der Waals surface area contributed by atoms with E-state index in [9.17, 15) is 4.79 Å². The molecule has 0 saturated carbocycles. The van der Waals surface area contributed by atoms with Crippen molar-refractivity contribution in [3.63, 3.8) is 0 Å². The number of nitrogens with zero attached hydrogens (tertiary/aromatic N) is 4. The van der Waals surface area contributed by atoms with Gasteiger partial charge in [0, 0.05) is 54.3 Å². The van der Waals surface area contributed by atoms with Crippen LogP contribution in [0.5, 0.6) is 0 Å². The number of fused-ring (bicyclic) bond motifs is 1. The molecule has 5 rings (SSSR count). The van der Waals surface area contributed by atoms with Crippen LogP contribution >= 0.6 is 11.6 Å². The number of nitrogens with two attached hydrogens (primary N) is 1. The summed E-state index contributed by atoms with van der Waals surface area (Å²) in [5, 5.41) is 6.99. The number of hydrogen-bond acceptors (Lipinski definition) is 6. The van der Waals surface area contributed by atoms with E-state index in [0.717, 1.165) is 61.6 Å². The average molecular weight is 492 g/mol. The normalized spacial score (nSPS) is 14.2. The lowest BCUT2D eigenvalue weighted by Crippen LogP contribution is -2.38. The van der Waals surface area contributed by atoms with Crippen molar-refractivity contribution >= 4 is 45.9 Å². The minimum Gasteiger partial charge on any atom is -0.383 e. The van der Waals surface area contributed by atoms with Crippen molar-refractivity contribution in [2.24, 2.45) is 0 Å². The third-order valence-corrected chi connectivity index (χ3v) is 6.22. The van der Waals surface area contributed by atoms with Gasteiger partial charge in [-0.3, -0.25) is 4.90 Å². The molecule has 1 aliphatic heterocycles. The first kappa shape index (κ1) is 23.1. The quantitative estimate of drug-likeness (QED) is 0.370. The molecular formula is C25H26ClN7O2. The first-order valence-corrected chi connectivity index (χ1v) is 11.8. The van der Waals surface area contributed by atoms with E-state index in [0.29, 0.717) is 22.2 Å². The first-order valence-electron chi connectivity index (χ1n) is 11.4. The summed E-state index contributed by atoms with van der Waals surface area (Å²) in [7, 11) is 0. The van der Waals surface area contributed by atoms with E-state index >= 15 is 0 Å². The molecule has 1 saturated heterocycles. The van der Waals surface area contributed by atoms with Gasteiger partial charge in [0.15, 0.2) is 0 Å². The predicted molar refractivity (Wildman–Crippen MR) is 139 cm³/mol. The maximum absolute atomic E-state index is 12.4. The van der Waals surface area contributed by atoms with Gasteiger partial charge < -0.3 is 25.7 Å². The summed E-state index contributed by atoms with van der Waals surface area (Å²) in [4.78, 5) is 23.5. The molecule has 0 atom stereocenters. The fourth-order valence-electron chi connectivity index (χ4n) is 4.20. The number of carbonyl (C=O) groups is 1. The average Bonchev–Trinajstić information content (AvgIpc) is 3.24. The minimum atomic E-state index is -0.350. The summed E-state index contributed by atoms with van der Waals surface area (Å²) in [6.07, 6.45) is 3.57. The molecule has 180 valence electrons. The van der Waals surface area contributed by atoms with Crippen LogP contribution in [0.3, 0.4) is 0 Å². The maximum Gasteiger partial charge on any atom is 0.323 e. The van der Waals surface area contributed by atoms with Crippen LogP contribution in [-0.4, -0.2) is 58.3 Å². The number of nitrogens with one attached hydrogen (secondary N) is 2. The molecule has 0 aliphatic carbocycles. The molecule has 35 heavy (non-hydrogen) atoms. The van der Waals surface area contributed by atoms with E-state index in [1.54, 1.807) is 24.3 Å². The molecule has 0 bridgehead atoms. The van der Waals surface area contributed by atoms with Gasteiger partial charge in [-0.1, -0.05) is 29.8 Å². The van der Waals surface area contributed by atoms with Crippen LogP contribution in [-0.2, 0) is 11.3 Å². The van der Waals surface area contributed by atoms with E-state index in [4.69, 9.17) is 22.1 Å². The molecule has 4 aromatic rings. The molecule has 0 radical (unpaired) electrons. The lowest BCUT2D eigenvalue weighted by atomic mass is 10.1. The summed E-state index contributed by atoms with van der Waals surface area (Å²) in [5.74, 6) is 0.443. The highest BCUT2D eigenvalue weighted by Gasteiger charge is 2.17. The standard InChI is InChI=1S/C25H26ClN7O2/c26-18-2-1-3-20(14-18)31-25(34)30-19-6-4-17(5-7-19)21-15-33(9-8-32-10-12-35-13-11-32)24-22(21)23(27)28-16-29-24/h1-7,14-16H,8-13H2,(H2,27,28,29)(H2,30,31,34). The second-order valence-corrected chi connectivity index (χ2v) is 8.75. The molecule has 0 unspecified atom stereocenters. The first-order chi connectivity index (χ1) is 17.1. The topological polar surface area (TPSA) is 110 Å². The van der Waals surface area contributed by atoms with Crippen molar-refractivity contribution in [3.8, 4) is 11.1 Å². The monoisotopic (exact) mass is 491 g/mol. The number of hydrogen-bond donors (Lipinski definition) is 3. The van der Waals surface area contributed by atoms with E-state index in [1.807, 2.05) is 24.3 Å². The van der Waals surface area contributed by atoms with Crippen molar-refractivity contribution in [2.75, 3.05) is 49.2 Å². The Morgan fingerprint density at radius 1 is 1.03 bits per heavy atom. The van der Waals surface area contributed by atoms with Gasteiger partial charge in [0.25, 0.3) is 0 Å². The van der Waals surface area contributed by atoms with Crippen LogP contribution in [0.15, 0.2) is 61.1 Å². The number of aromatic nitrogens is 3. The SMILES string of the molecule is Nc1ncnc2c1c(-c1ccc(NC(=O)Nc3cccc(Cl)c3)cc1)cn2CCN1CCOCC1. The number of anilines is 3. The van der Waals surface area contributed by atoms with Crippen LogP contribution in [0.25, 0.3) is 22.2 Å². The number of benzene rings is 2. The number of ether oxygens (including phenoxy) is 1. The van der Waals surface area contributed by atoms with Crippen molar-refractivity contribution in [2.45, 2.75) is 6.54 Å². The molecule has 2 amide bonds. The largest absolute Gasteiger partial charge is 0.383 e. The summed E-state index contributed by atoms with van der Waals surface area (Å²) >= 11 is 5.98. The van der Waals surface area contributed by atoms with Crippen molar-refractivity contribution in [3.05, 3.63) is 66.1 Å². The smallest absolute Gasteiger partial charge is 0.323 e. The van der Waals surface area contributed by atoms with Gasteiger partial charge in [0.1, 0.15) is 17.8 Å². The molecule has 1 aliphatic rings. The second-order valence-electron chi connectivity index (χ2n) is 8.31. The van der Waals surface area contributed by atoms with Crippen LogP contribution in [0.4, 0.5) is 22.0 Å². The van der Waals surface area contributed by atoms with E-state index < -0.39 is 0 Å². The number of halogens is 1. The Morgan fingerprint density at radius 2 is 1.80 bits per heavy atom. The summed E-state index contributed by atoms with van der Waals surface area (Å²) < 4.78 is 7.57. The zero-order valence-corrected chi connectivity index (χ0v) is 19.8. The summed E-state index contributed by atoms with van der Waals surface area (Å²) in [6, 6.07) is 14.2. The fourth-order valence-corrected chi connectivity index (χ4v) is 4.39. The van der Waals surface area contributed by atoms with Gasteiger partial charge in [-0.15, -0.1) is 0 Å². The minimum absolute atomic E-state index is 0.350. The van der Waals surface area contributed by atoms with Crippen molar-refractivity contribution in [1.29, 1.82) is 0 Å². The molecule has 4 N–H and O–H groups in total. The lowest BCUT2D eigenvalue weighted by molar-refractivity contribution is 0.0365. The molecule has 2 aromatic heterocycles. The maximum atomic E-state index is 12.4. The van der Waals surface area contributed by atoms with Crippen molar-refractivity contribution < 1.29 is 9.53 Å². The van der Waals surface area contributed by atoms with Gasteiger partial charge in [-0.2, -0.15) is 0 Å². The number of morpholine rings is 1. The highest BCUT2D eigenvalue weighted by molar-refractivity contribution is 6.30. The van der Waals surface area contributed by atoms with Gasteiger partial charge in [0.05, 0.1) is 18.6 Å². The Bertz CT molecular complexity index is 1330. The number of urea groups is 1. The zero-order valence-electron chi connectivity index (χ0n) is 19.1. The number of rotatable bonds is 6. The third kappa shape index (κ3) is 5.37. The molecule has 3 heterocycles. The molecule has 10 heteroatoms. The van der Waals surface area contributed by atoms with Gasteiger partial charge >= 0.3 is 6.03 Å². The zero-order chi connectivity index (χ0) is 24.2. The lowest BCUT2D eigenvalue weighted by Gasteiger charge is -2.26. The van der Waals surface area contributed by atoms with Crippen molar-refractivity contribution in [1.82, 2.24) is 19.4 Å². The van der Waals surface area contributed by atoms with Gasteiger partial charge in [-0.05, 0) is 35.9 Å². The van der Waals surface area contributed by atoms with E-state index in [-0.39, 0.29) is 6.03 Å². The Kier molecular flexibility index (Phi) is 6.80. The second kappa shape index (κ2) is 10.3. The summed E-state index contributed by atoms with van der Waals surface area (Å²) in [5.41, 5.74) is 10.3. The predicted octanol–water partition coefficient (Wildman–Crippen LogP) is 4.31. The van der Waals surface area contributed by atoms with Crippen LogP contribution in [0, 0.1) is 0 Å². The third-order valence-electron chi connectivity index (χ3n) is 5.98. The number of carbonyl (C=O) groups excluding carboxylic acids is 1. The molecular weight excluding hydrogens is 466 g/mol. The summed E-state index contributed by atoms with van der Waals surface area (Å²) in [6.45, 7) is 5.09. The Labute approximate surface area is 207 Å². The van der Waals surface area contributed by atoms with E-state index in [2.05, 4.69) is 36.3 Å². The molecule has 9 nitrogen and oxygen atoms in total.